The van der Waals surface area contributed by atoms with Crippen LogP contribution in [0.25, 0.3) is 0 Å². The van der Waals surface area contributed by atoms with E-state index in [1.165, 1.54) is 0 Å². The van der Waals surface area contributed by atoms with Crippen LogP contribution < -0.4 is 5.32 Å². The van der Waals surface area contributed by atoms with Crippen LogP contribution in [0.15, 0.2) is 0 Å². The maximum atomic E-state index is 11.4. The molecule has 2 amide bonds. The van der Waals surface area contributed by atoms with Crippen molar-refractivity contribution in [3.05, 3.63) is 0 Å². The number of likely N-dealkylation sites (tertiary alicyclic amines) is 1. The van der Waals surface area contributed by atoms with E-state index < -0.39 is 0 Å². The van der Waals surface area contributed by atoms with Gasteiger partial charge in [0.2, 0.25) is 0 Å². The van der Waals surface area contributed by atoms with Crippen LogP contribution >= 0.6 is 0 Å². The van der Waals surface area contributed by atoms with E-state index in [0.717, 1.165) is 39.1 Å². The van der Waals surface area contributed by atoms with Crippen molar-refractivity contribution in [2.24, 2.45) is 0 Å². The molecule has 2 aliphatic rings. The lowest BCUT2D eigenvalue weighted by Crippen LogP contribution is -2.39. The van der Waals surface area contributed by atoms with Crippen LogP contribution in [-0.2, 0) is 0 Å². The molecule has 1 atom stereocenters. The van der Waals surface area contributed by atoms with Crippen LogP contribution in [0, 0.1) is 0 Å². The van der Waals surface area contributed by atoms with Crippen LogP contribution in [0.3, 0.4) is 0 Å². The number of nitrogens with one attached hydrogen (secondary N) is 1. The summed E-state index contributed by atoms with van der Waals surface area (Å²) < 4.78 is 0. The first kappa shape index (κ1) is 8.81. The summed E-state index contributed by atoms with van der Waals surface area (Å²) in [5.41, 5.74) is 0. The van der Waals surface area contributed by atoms with Crippen molar-refractivity contribution >= 4 is 6.03 Å². The van der Waals surface area contributed by atoms with Crippen molar-refractivity contribution in [2.75, 3.05) is 32.7 Å². The highest BCUT2D eigenvalue weighted by Gasteiger charge is 2.32. The first-order valence-electron chi connectivity index (χ1n) is 5.08. The molecule has 13 heavy (non-hydrogen) atoms. The van der Waals surface area contributed by atoms with Gasteiger partial charge in [0, 0.05) is 32.2 Å². The normalized spacial score (nSPS) is 29.8. The number of amides is 2. The van der Waals surface area contributed by atoms with E-state index in [9.17, 15) is 4.79 Å². The Bertz CT molecular complexity index is 207. The molecule has 0 aromatic heterocycles. The molecule has 2 aliphatic heterocycles. The topological polar surface area (TPSA) is 35.6 Å². The molecule has 0 aromatic carbocycles. The minimum atomic E-state index is 0.128. The van der Waals surface area contributed by atoms with E-state index in [4.69, 9.17) is 0 Å². The minimum absolute atomic E-state index is 0.128. The van der Waals surface area contributed by atoms with Gasteiger partial charge in [-0.3, -0.25) is 0 Å². The SMILES string of the molecule is CCN1CCC(N2CCNC2=O)C1. The number of carbonyl (C=O) groups excluding carboxylic acids is 1. The molecule has 74 valence electrons. The highest BCUT2D eigenvalue weighted by molar-refractivity contribution is 5.76. The molecule has 0 spiro atoms. The number of nitrogens with zero attached hydrogens (tertiary/aromatic N) is 2. The van der Waals surface area contributed by atoms with Gasteiger partial charge < -0.3 is 15.1 Å². The van der Waals surface area contributed by atoms with Crippen LogP contribution in [0.5, 0.6) is 0 Å². The number of hydrogen-bond acceptors (Lipinski definition) is 2. The molecule has 4 nitrogen and oxygen atoms in total. The molecule has 2 rings (SSSR count). The van der Waals surface area contributed by atoms with Gasteiger partial charge in [-0.05, 0) is 13.0 Å². The Morgan fingerprint density at radius 1 is 1.54 bits per heavy atom. The van der Waals surface area contributed by atoms with Gasteiger partial charge in [0.15, 0.2) is 0 Å². The van der Waals surface area contributed by atoms with Gasteiger partial charge in [0.05, 0.1) is 0 Å². The van der Waals surface area contributed by atoms with Crippen LogP contribution in [0.2, 0.25) is 0 Å². The van der Waals surface area contributed by atoms with Crippen molar-refractivity contribution in [2.45, 2.75) is 19.4 Å². The van der Waals surface area contributed by atoms with Gasteiger partial charge in [0.25, 0.3) is 0 Å². The lowest BCUT2D eigenvalue weighted by molar-refractivity contribution is 0.197. The molecule has 2 fully saturated rings. The summed E-state index contributed by atoms with van der Waals surface area (Å²) >= 11 is 0. The Kier molecular flexibility index (Phi) is 2.40. The van der Waals surface area contributed by atoms with Gasteiger partial charge in [-0.1, -0.05) is 6.92 Å². The van der Waals surface area contributed by atoms with Gasteiger partial charge in [-0.2, -0.15) is 0 Å². The summed E-state index contributed by atoms with van der Waals surface area (Å²) in [5, 5.41) is 2.85. The highest BCUT2D eigenvalue weighted by atomic mass is 16.2. The molecular weight excluding hydrogens is 166 g/mol. The lowest BCUT2D eigenvalue weighted by Gasteiger charge is -2.22. The van der Waals surface area contributed by atoms with Crippen LogP contribution in [0.1, 0.15) is 13.3 Å². The van der Waals surface area contributed by atoms with E-state index in [1.807, 2.05) is 4.90 Å². The third kappa shape index (κ3) is 1.63. The first-order chi connectivity index (χ1) is 6.31. The maximum Gasteiger partial charge on any atom is 0.317 e. The predicted molar refractivity (Wildman–Crippen MR) is 50.6 cm³/mol. The zero-order valence-corrected chi connectivity index (χ0v) is 8.12. The molecular formula is C9H17N3O. The standard InChI is InChI=1S/C9H17N3O/c1-2-11-5-3-8(7-11)12-6-4-10-9(12)13/h8H,2-7H2,1H3,(H,10,13). The van der Waals surface area contributed by atoms with Gasteiger partial charge in [-0.15, -0.1) is 0 Å². The van der Waals surface area contributed by atoms with Crippen molar-refractivity contribution < 1.29 is 4.79 Å². The number of rotatable bonds is 2. The zero-order valence-electron chi connectivity index (χ0n) is 8.12. The number of carbonyl (C=O) groups is 1. The molecule has 4 heteroatoms. The predicted octanol–water partition coefficient (Wildman–Crippen LogP) is 0.106. The summed E-state index contributed by atoms with van der Waals surface area (Å²) in [6.07, 6.45) is 1.14. The van der Waals surface area contributed by atoms with Gasteiger partial charge in [0.1, 0.15) is 0 Å². The Morgan fingerprint density at radius 2 is 2.38 bits per heavy atom. The average molecular weight is 183 g/mol. The second kappa shape index (κ2) is 3.54. The molecule has 0 aromatic rings. The fourth-order valence-corrected chi connectivity index (χ4v) is 2.19. The van der Waals surface area contributed by atoms with E-state index in [2.05, 4.69) is 17.1 Å². The largest absolute Gasteiger partial charge is 0.336 e. The second-order valence-electron chi connectivity index (χ2n) is 3.76. The summed E-state index contributed by atoms with van der Waals surface area (Å²) in [4.78, 5) is 15.7. The molecule has 0 bridgehead atoms. The van der Waals surface area contributed by atoms with E-state index in [0.29, 0.717) is 6.04 Å². The van der Waals surface area contributed by atoms with E-state index >= 15 is 0 Å². The second-order valence-corrected chi connectivity index (χ2v) is 3.76. The first-order valence-corrected chi connectivity index (χ1v) is 5.08. The third-order valence-electron chi connectivity index (χ3n) is 3.03. The molecule has 0 saturated carbocycles. The van der Waals surface area contributed by atoms with Crippen molar-refractivity contribution in [1.29, 1.82) is 0 Å². The summed E-state index contributed by atoms with van der Waals surface area (Å²) in [7, 11) is 0. The average Bonchev–Trinajstić information content (AvgIpc) is 2.71. The van der Waals surface area contributed by atoms with E-state index in [1.54, 1.807) is 0 Å². The van der Waals surface area contributed by atoms with Gasteiger partial charge >= 0.3 is 6.03 Å². The number of hydrogen-bond donors (Lipinski definition) is 1. The Balaban J connectivity index is 1.91. The summed E-state index contributed by atoms with van der Waals surface area (Å²) in [6, 6.07) is 0.588. The summed E-state index contributed by atoms with van der Waals surface area (Å²) in [6.45, 7) is 7.19. The van der Waals surface area contributed by atoms with Gasteiger partial charge in [-0.25, -0.2) is 4.79 Å². The molecule has 0 radical (unpaired) electrons. The molecule has 1 N–H and O–H groups in total. The quantitative estimate of drug-likeness (QED) is 0.659. The minimum Gasteiger partial charge on any atom is -0.336 e. The van der Waals surface area contributed by atoms with Crippen molar-refractivity contribution in [3.8, 4) is 0 Å². The smallest absolute Gasteiger partial charge is 0.317 e. The van der Waals surface area contributed by atoms with Crippen LogP contribution in [0.4, 0.5) is 4.79 Å². The third-order valence-corrected chi connectivity index (χ3v) is 3.03. The molecule has 2 heterocycles. The Morgan fingerprint density at radius 3 is 2.92 bits per heavy atom. The van der Waals surface area contributed by atoms with Crippen molar-refractivity contribution in [3.63, 3.8) is 0 Å². The number of urea groups is 1. The fourth-order valence-electron chi connectivity index (χ4n) is 2.19. The van der Waals surface area contributed by atoms with Crippen LogP contribution in [-0.4, -0.2) is 54.6 Å². The Labute approximate surface area is 78.9 Å². The fraction of sp³-hybridized carbons (Fsp3) is 0.889. The Hall–Kier alpha value is -0.770. The lowest BCUT2D eigenvalue weighted by atomic mass is 10.2. The molecule has 0 aliphatic carbocycles. The molecule has 2 saturated heterocycles. The maximum absolute atomic E-state index is 11.4. The number of likely N-dealkylation sites (N-methyl/N-ethyl adjacent to an activating group) is 1. The summed E-state index contributed by atoms with van der Waals surface area (Å²) in [5.74, 6) is 0. The highest BCUT2D eigenvalue weighted by Crippen LogP contribution is 2.16. The van der Waals surface area contributed by atoms with Crippen molar-refractivity contribution in [1.82, 2.24) is 15.1 Å². The van der Waals surface area contributed by atoms with E-state index in [-0.39, 0.29) is 6.03 Å². The zero-order chi connectivity index (χ0) is 9.26. The monoisotopic (exact) mass is 183 g/mol. The molecule has 1 unspecified atom stereocenters.